The zero-order valence-corrected chi connectivity index (χ0v) is 13.2. The molecule has 4 aromatic heterocycles. The van der Waals surface area contributed by atoms with Crippen LogP contribution in [-0.2, 0) is 7.05 Å². The van der Waals surface area contributed by atoms with Crippen LogP contribution in [0.5, 0.6) is 0 Å². The normalized spacial score (nSPS) is 11.6. The van der Waals surface area contributed by atoms with E-state index in [1.807, 2.05) is 25.2 Å². The molecule has 0 spiro atoms. The molecule has 0 bridgehead atoms. The van der Waals surface area contributed by atoms with Crippen molar-refractivity contribution in [3.63, 3.8) is 0 Å². The number of aromatic nitrogens is 6. The summed E-state index contributed by atoms with van der Waals surface area (Å²) in [6.45, 7) is 0. The molecule has 8 heteroatoms. The summed E-state index contributed by atoms with van der Waals surface area (Å²) in [5.74, 6) is 0.408. The molecule has 25 heavy (non-hydrogen) atoms. The van der Waals surface area contributed by atoms with Gasteiger partial charge in [0.05, 0.1) is 29.2 Å². The maximum Gasteiger partial charge on any atom is 0.273 e. The highest BCUT2D eigenvalue weighted by Crippen LogP contribution is 2.25. The van der Waals surface area contributed by atoms with E-state index in [4.69, 9.17) is 4.42 Å². The Hall–Kier alpha value is -3.68. The minimum absolute atomic E-state index is 0.205. The summed E-state index contributed by atoms with van der Waals surface area (Å²) in [6.07, 6.45) is 6.48. The van der Waals surface area contributed by atoms with Crippen molar-refractivity contribution in [2.24, 2.45) is 7.05 Å². The van der Waals surface area contributed by atoms with Crippen LogP contribution in [0.2, 0.25) is 0 Å². The number of H-pyrrole nitrogens is 1. The van der Waals surface area contributed by atoms with E-state index in [-0.39, 0.29) is 5.56 Å². The van der Waals surface area contributed by atoms with Crippen molar-refractivity contribution in [1.82, 2.24) is 29.4 Å². The molecule has 122 valence electrons. The Bertz CT molecular complexity index is 1280. The number of nitrogens with zero attached hydrogens (tertiary/aromatic N) is 5. The molecule has 0 saturated heterocycles. The summed E-state index contributed by atoms with van der Waals surface area (Å²) in [4.78, 5) is 21.2. The second kappa shape index (κ2) is 4.91. The number of oxazole rings is 1. The van der Waals surface area contributed by atoms with Gasteiger partial charge in [-0.3, -0.25) is 14.6 Å². The molecule has 0 unspecified atom stereocenters. The van der Waals surface area contributed by atoms with Crippen LogP contribution in [0.3, 0.4) is 0 Å². The Balaban J connectivity index is 1.75. The molecule has 0 amide bonds. The van der Waals surface area contributed by atoms with Gasteiger partial charge < -0.3 is 4.42 Å². The average molecular weight is 332 g/mol. The number of aromatic amines is 1. The number of benzene rings is 1. The lowest BCUT2D eigenvalue weighted by molar-refractivity contribution is 0.575. The van der Waals surface area contributed by atoms with Gasteiger partial charge in [0.1, 0.15) is 6.26 Å². The molecule has 8 nitrogen and oxygen atoms in total. The van der Waals surface area contributed by atoms with Gasteiger partial charge in [-0.2, -0.15) is 5.10 Å². The van der Waals surface area contributed by atoms with Gasteiger partial charge in [-0.25, -0.2) is 14.5 Å². The molecule has 5 aromatic rings. The van der Waals surface area contributed by atoms with E-state index >= 15 is 0 Å². The molecule has 5 rings (SSSR count). The first-order chi connectivity index (χ1) is 12.2. The second-order valence-corrected chi connectivity index (χ2v) is 5.70. The number of hydrogen-bond donors (Lipinski definition) is 1. The van der Waals surface area contributed by atoms with Gasteiger partial charge in [-0.1, -0.05) is 6.07 Å². The van der Waals surface area contributed by atoms with Crippen molar-refractivity contribution in [3.05, 3.63) is 59.5 Å². The Morgan fingerprint density at radius 1 is 1.24 bits per heavy atom. The topological polar surface area (TPSA) is 94.0 Å². The van der Waals surface area contributed by atoms with Crippen LogP contribution >= 0.6 is 0 Å². The minimum atomic E-state index is -0.205. The smallest absolute Gasteiger partial charge is 0.273 e. The molecular weight excluding hydrogens is 320 g/mol. The van der Waals surface area contributed by atoms with Crippen molar-refractivity contribution in [2.45, 2.75) is 0 Å². The molecule has 1 aromatic carbocycles. The van der Waals surface area contributed by atoms with Gasteiger partial charge in [0.15, 0.2) is 5.65 Å². The first kappa shape index (κ1) is 13.7. The molecule has 0 atom stereocenters. The summed E-state index contributed by atoms with van der Waals surface area (Å²) in [6, 6.07) is 7.37. The van der Waals surface area contributed by atoms with Crippen LogP contribution in [0.4, 0.5) is 0 Å². The SMILES string of the molecule is Cn1ncc2cc(-c3cc(=O)n4[nH]cc(-c5ncco5)c4n3)ccc21. The summed E-state index contributed by atoms with van der Waals surface area (Å²) in [5, 5.41) is 8.12. The highest BCUT2D eigenvalue weighted by Gasteiger charge is 2.15. The van der Waals surface area contributed by atoms with Gasteiger partial charge in [0.25, 0.3) is 5.56 Å². The van der Waals surface area contributed by atoms with E-state index in [0.29, 0.717) is 22.8 Å². The second-order valence-electron chi connectivity index (χ2n) is 5.70. The van der Waals surface area contributed by atoms with Gasteiger partial charge in [0, 0.05) is 30.3 Å². The van der Waals surface area contributed by atoms with Crippen molar-refractivity contribution >= 4 is 16.6 Å². The maximum absolute atomic E-state index is 12.4. The highest BCUT2D eigenvalue weighted by atomic mass is 16.3. The zero-order chi connectivity index (χ0) is 17.0. The third kappa shape index (κ3) is 2.01. The van der Waals surface area contributed by atoms with Crippen molar-refractivity contribution in [2.75, 3.05) is 0 Å². The lowest BCUT2D eigenvalue weighted by Crippen LogP contribution is -2.14. The summed E-state index contributed by atoms with van der Waals surface area (Å²) < 4.78 is 8.50. The minimum Gasteiger partial charge on any atom is -0.444 e. The number of aryl methyl sites for hydroxylation is 1. The standard InChI is InChI=1S/C17H12N6O2/c1-22-14-3-2-10(6-11(14)8-19-22)13-7-15(24)23-16(21-13)12(9-20-23)17-18-4-5-25-17/h2-9,20H,1H3. The van der Waals surface area contributed by atoms with Crippen molar-refractivity contribution < 1.29 is 4.42 Å². The zero-order valence-electron chi connectivity index (χ0n) is 13.2. The van der Waals surface area contributed by atoms with E-state index in [1.165, 1.54) is 16.8 Å². The molecule has 1 N–H and O–H groups in total. The quantitative estimate of drug-likeness (QED) is 0.535. The van der Waals surface area contributed by atoms with Gasteiger partial charge in [-0.15, -0.1) is 0 Å². The largest absolute Gasteiger partial charge is 0.444 e. The maximum atomic E-state index is 12.4. The van der Waals surface area contributed by atoms with Crippen LogP contribution in [0, 0.1) is 0 Å². The Morgan fingerprint density at radius 3 is 3.00 bits per heavy atom. The molecule has 0 saturated carbocycles. The van der Waals surface area contributed by atoms with E-state index in [2.05, 4.69) is 20.2 Å². The molecule has 0 radical (unpaired) electrons. The number of rotatable bonds is 2. The summed E-state index contributed by atoms with van der Waals surface area (Å²) in [5.41, 5.74) is 3.35. The van der Waals surface area contributed by atoms with Crippen LogP contribution in [0.25, 0.3) is 39.3 Å². The van der Waals surface area contributed by atoms with Gasteiger partial charge in [-0.05, 0) is 12.1 Å². The van der Waals surface area contributed by atoms with E-state index in [9.17, 15) is 4.79 Å². The Morgan fingerprint density at radius 2 is 2.16 bits per heavy atom. The third-order valence-corrected chi connectivity index (χ3v) is 4.20. The van der Waals surface area contributed by atoms with Crippen LogP contribution in [0.15, 0.2) is 58.3 Å². The number of nitrogens with one attached hydrogen (secondary N) is 1. The lowest BCUT2D eigenvalue weighted by atomic mass is 10.1. The van der Waals surface area contributed by atoms with E-state index < -0.39 is 0 Å². The fraction of sp³-hybridized carbons (Fsp3) is 0.0588. The third-order valence-electron chi connectivity index (χ3n) is 4.20. The van der Waals surface area contributed by atoms with Gasteiger partial charge >= 0.3 is 0 Å². The predicted molar refractivity (Wildman–Crippen MR) is 91.0 cm³/mol. The van der Waals surface area contributed by atoms with Crippen LogP contribution in [-0.4, -0.2) is 29.4 Å². The van der Waals surface area contributed by atoms with Crippen molar-refractivity contribution in [1.29, 1.82) is 0 Å². The molecule has 0 aliphatic heterocycles. The molecule has 4 heterocycles. The van der Waals surface area contributed by atoms with Crippen molar-refractivity contribution in [3.8, 4) is 22.7 Å². The molecule has 0 aliphatic rings. The molecule has 0 aliphatic carbocycles. The predicted octanol–water partition coefficient (Wildman–Crippen LogP) is 2.23. The number of hydrogen-bond acceptors (Lipinski definition) is 5. The monoisotopic (exact) mass is 332 g/mol. The fourth-order valence-electron chi connectivity index (χ4n) is 2.97. The van der Waals surface area contributed by atoms with Crippen LogP contribution in [0.1, 0.15) is 0 Å². The van der Waals surface area contributed by atoms with Gasteiger partial charge in [0.2, 0.25) is 5.89 Å². The fourth-order valence-corrected chi connectivity index (χ4v) is 2.97. The van der Waals surface area contributed by atoms with E-state index in [1.54, 1.807) is 23.3 Å². The van der Waals surface area contributed by atoms with Crippen LogP contribution < -0.4 is 5.56 Å². The van der Waals surface area contributed by atoms with E-state index in [0.717, 1.165) is 16.5 Å². The highest BCUT2D eigenvalue weighted by molar-refractivity contribution is 5.84. The molecular formula is C17H12N6O2. The molecule has 0 fully saturated rings. The number of fused-ring (bicyclic) bond motifs is 2. The Kier molecular flexibility index (Phi) is 2.69. The average Bonchev–Trinajstić information content (AvgIpc) is 3.34. The lowest BCUT2D eigenvalue weighted by Gasteiger charge is -2.03. The Labute approximate surface area is 140 Å². The summed E-state index contributed by atoms with van der Waals surface area (Å²) >= 11 is 0. The first-order valence-corrected chi connectivity index (χ1v) is 7.64. The summed E-state index contributed by atoms with van der Waals surface area (Å²) in [7, 11) is 1.89. The first-order valence-electron chi connectivity index (χ1n) is 7.64.